The van der Waals surface area contributed by atoms with E-state index in [2.05, 4.69) is 4.90 Å². The molecular formula is C20H21Cl2NO3. The van der Waals surface area contributed by atoms with Crippen molar-refractivity contribution in [3.8, 4) is 11.5 Å². The minimum atomic E-state index is -0.0504. The lowest BCUT2D eigenvalue weighted by molar-refractivity contribution is 0.0811. The second-order valence-electron chi connectivity index (χ2n) is 6.58. The minimum absolute atomic E-state index is 0.0447. The lowest BCUT2D eigenvalue weighted by Crippen LogP contribution is -2.38. The summed E-state index contributed by atoms with van der Waals surface area (Å²) >= 11 is 12.1. The highest BCUT2D eigenvalue weighted by Gasteiger charge is 2.27. The molecule has 0 radical (unpaired) electrons. The molecule has 138 valence electrons. The van der Waals surface area contributed by atoms with Crippen LogP contribution in [0, 0.1) is 5.92 Å². The SMILES string of the molecule is COc1cc(CN2CCC[C@H](C(=O)c3cccc(Cl)c3)C2)cc(Cl)c1O. The van der Waals surface area contributed by atoms with Crippen molar-refractivity contribution in [2.45, 2.75) is 19.4 Å². The second kappa shape index (κ2) is 8.30. The summed E-state index contributed by atoms with van der Waals surface area (Å²) in [6.45, 7) is 2.25. The largest absolute Gasteiger partial charge is 0.503 e. The van der Waals surface area contributed by atoms with Crippen LogP contribution in [0.25, 0.3) is 0 Å². The monoisotopic (exact) mass is 393 g/mol. The summed E-state index contributed by atoms with van der Waals surface area (Å²) in [6.07, 6.45) is 1.83. The molecule has 2 aromatic carbocycles. The van der Waals surface area contributed by atoms with Crippen molar-refractivity contribution in [1.29, 1.82) is 0 Å². The quantitative estimate of drug-likeness (QED) is 0.740. The molecule has 0 bridgehead atoms. The molecule has 1 fully saturated rings. The van der Waals surface area contributed by atoms with E-state index in [0.717, 1.165) is 24.9 Å². The number of ether oxygens (including phenoxy) is 1. The summed E-state index contributed by atoms with van der Waals surface area (Å²) in [6, 6.07) is 10.6. The van der Waals surface area contributed by atoms with Gasteiger partial charge in [-0.3, -0.25) is 9.69 Å². The molecule has 3 rings (SSSR count). The normalized spacial score (nSPS) is 17.9. The topological polar surface area (TPSA) is 49.8 Å². The Hall–Kier alpha value is -1.75. The van der Waals surface area contributed by atoms with Gasteiger partial charge < -0.3 is 9.84 Å². The zero-order chi connectivity index (χ0) is 18.7. The Kier molecular flexibility index (Phi) is 6.07. The third kappa shape index (κ3) is 4.32. The first kappa shape index (κ1) is 19.0. The Balaban J connectivity index is 1.71. The molecule has 0 unspecified atom stereocenters. The number of likely N-dealkylation sites (tertiary alicyclic amines) is 1. The van der Waals surface area contributed by atoms with E-state index in [4.69, 9.17) is 27.9 Å². The molecule has 0 aromatic heterocycles. The number of benzene rings is 2. The van der Waals surface area contributed by atoms with Crippen molar-refractivity contribution in [2.75, 3.05) is 20.2 Å². The van der Waals surface area contributed by atoms with Gasteiger partial charge in [0.05, 0.1) is 12.1 Å². The lowest BCUT2D eigenvalue weighted by atomic mass is 9.90. The minimum Gasteiger partial charge on any atom is -0.503 e. The summed E-state index contributed by atoms with van der Waals surface area (Å²) in [5, 5.41) is 10.7. The number of phenolic OH excluding ortho intramolecular Hbond substituents is 1. The van der Waals surface area contributed by atoms with Crippen molar-refractivity contribution in [2.24, 2.45) is 5.92 Å². The van der Waals surface area contributed by atoms with E-state index in [1.807, 2.05) is 6.07 Å². The Morgan fingerprint density at radius 3 is 2.85 bits per heavy atom. The first-order valence-corrected chi connectivity index (χ1v) is 9.31. The van der Waals surface area contributed by atoms with Gasteiger partial charge >= 0.3 is 0 Å². The first-order chi connectivity index (χ1) is 12.5. The fourth-order valence-corrected chi connectivity index (χ4v) is 3.85. The lowest BCUT2D eigenvalue weighted by Gasteiger charge is -2.32. The second-order valence-corrected chi connectivity index (χ2v) is 7.42. The van der Waals surface area contributed by atoms with Crippen LogP contribution in [0.5, 0.6) is 11.5 Å². The number of rotatable bonds is 5. The molecule has 1 N–H and O–H groups in total. The number of halogens is 2. The van der Waals surface area contributed by atoms with Crippen molar-refractivity contribution in [3.63, 3.8) is 0 Å². The van der Waals surface area contributed by atoms with Gasteiger partial charge in [0.15, 0.2) is 17.3 Å². The van der Waals surface area contributed by atoms with Crippen LogP contribution in [0.3, 0.4) is 0 Å². The molecule has 2 aromatic rings. The maximum Gasteiger partial charge on any atom is 0.176 e. The van der Waals surface area contributed by atoms with Gasteiger partial charge in [0.25, 0.3) is 0 Å². The fraction of sp³-hybridized carbons (Fsp3) is 0.350. The van der Waals surface area contributed by atoms with Crippen LogP contribution in [0.1, 0.15) is 28.8 Å². The van der Waals surface area contributed by atoms with Gasteiger partial charge in [-0.25, -0.2) is 0 Å². The third-order valence-corrected chi connectivity index (χ3v) is 5.22. The van der Waals surface area contributed by atoms with Crippen molar-refractivity contribution in [1.82, 2.24) is 4.90 Å². The number of hydrogen-bond donors (Lipinski definition) is 1. The maximum atomic E-state index is 12.8. The summed E-state index contributed by atoms with van der Waals surface area (Å²) in [5.74, 6) is 0.400. The number of phenols is 1. The van der Waals surface area contributed by atoms with Crippen molar-refractivity contribution in [3.05, 3.63) is 57.6 Å². The molecule has 26 heavy (non-hydrogen) atoms. The number of hydrogen-bond acceptors (Lipinski definition) is 4. The molecule has 1 atom stereocenters. The molecule has 1 heterocycles. The zero-order valence-electron chi connectivity index (χ0n) is 14.5. The van der Waals surface area contributed by atoms with Gasteiger partial charge in [-0.2, -0.15) is 0 Å². The molecule has 0 spiro atoms. The molecular weight excluding hydrogens is 373 g/mol. The van der Waals surface area contributed by atoms with E-state index in [1.54, 1.807) is 30.3 Å². The number of nitrogens with zero attached hydrogens (tertiary/aromatic N) is 1. The average Bonchev–Trinajstić information content (AvgIpc) is 2.64. The zero-order valence-corrected chi connectivity index (χ0v) is 16.1. The molecule has 0 aliphatic carbocycles. The van der Waals surface area contributed by atoms with E-state index < -0.39 is 0 Å². The van der Waals surface area contributed by atoms with Gasteiger partial charge in [0.1, 0.15) is 0 Å². The van der Waals surface area contributed by atoms with Crippen LogP contribution in [0.2, 0.25) is 10.0 Å². The summed E-state index contributed by atoms with van der Waals surface area (Å²) < 4.78 is 5.16. The highest BCUT2D eigenvalue weighted by atomic mass is 35.5. The van der Waals surface area contributed by atoms with Gasteiger partial charge in [0.2, 0.25) is 0 Å². The van der Waals surface area contributed by atoms with Crippen LogP contribution in [-0.4, -0.2) is 36.0 Å². The van der Waals surface area contributed by atoms with E-state index in [9.17, 15) is 9.90 Å². The number of aromatic hydroxyl groups is 1. The molecule has 4 nitrogen and oxygen atoms in total. The number of carbonyl (C=O) groups is 1. The maximum absolute atomic E-state index is 12.8. The van der Waals surface area contributed by atoms with Crippen LogP contribution < -0.4 is 4.74 Å². The van der Waals surface area contributed by atoms with Crippen LogP contribution in [0.4, 0.5) is 0 Å². The van der Waals surface area contributed by atoms with Gasteiger partial charge in [-0.1, -0.05) is 35.3 Å². The van der Waals surface area contributed by atoms with Crippen LogP contribution in [0.15, 0.2) is 36.4 Å². The summed E-state index contributed by atoms with van der Waals surface area (Å²) in [5.41, 5.74) is 1.61. The summed E-state index contributed by atoms with van der Waals surface area (Å²) in [7, 11) is 1.50. The number of piperidine rings is 1. The van der Waals surface area contributed by atoms with Crippen molar-refractivity contribution >= 4 is 29.0 Å². The van der Waals surface area contributed by atoms with E-state index in [-0.39, 0.29) is 22.5 Å². The van der Waals surface area contributed by atoms with Crippen molar-refractivity contribution < 1.29 is 14.6 Å². The van der Waals surface area contributed by atoms with Crippen LogP contribution >= 0.6 is 23.2 Å². The highest BCUT2D eigenvalue weighted by molar-refractivity contribution is 6.32. The van der Waals surface area contributed by atoms with Crippen LogP contribution in [-0.2, 0) is 6.54 Å². The van der Waals surface area contributed by atoms with E-state index in [0.29, 0.717) is 29.4 Å². The smallest absolute Gasteiger partial charge is 0.176 e. The Bertz CT molecular complexity index is 810. The van der Waals surface area contributed by atoms with Gasteiger partial charge in [-0.05, 0) is 49.2 Å². The van der Waals surface area contributed by atoms with Gasteiger partial charge in [0, 0.05) is 29.6 Å². The summed E-state index contributed by atoms with van der Waals surface area (Å²) in [4.78, 5) is 15.0. The first-order valence-electron chi connectivity index (χ1n) is 8.55. The fourth-order valence-electron chi connectivity index (χ4n) is 3.42. The van der Waals surface area contributed by atoms with E-state index in [1.165, 1.54) is 7.11 Å². The predicted molar refractivity (Wildman–Crippen MR) is 103 cm³/mol. The average molecular weight is 394 g/mol. The number of Topliss-reactive ketones (excluding diaryl/α,β-unsaturated/α-hetero) is 1. The Morgan fingerprint density at radius 2 is 2.12 bits per heavy atom. The molecule has 0 saturated carbocycles. The van der Waals surface area contributed by atoms with E-state index >= 15 is 0 Å². The standard InChI is InChI=1S/C20H21Cl2NO3/c1-26-18-9-13(8-17(22)20(18)25)11-23-7-3-5-15(12-23)19(24)14-4-2-6-16(21)10-14/h2,4,6,8-10,15,25H,3,5,7,11-12H2,1H3/t15-/m0/s1. The molecule has 0 amide bonds. The molecule has 1 aliphatic heterocycles. The Labute approximate surface area is 163 Å². The third-order valence-electron chi connectivity index (χ3n) is 4.70. The Morgan fingerprint density at radius 1 is 1.31 bits per heavy atom. The number of ketones is 1. The molecule has 1 aliphatic rings. The number of carbonyl (C=O) groups excluding carboxylic acids is 1. The predicted octanol–water partition coefficient (Wildman–Crippen LogP) is 4.80. The van der Waals surface area contributed by atoms with Gasteiger partial charge in [-0.15, -0.1) is 0 Å². The number of methoxy groups -OCH3 is 1. The molecule has 6 heteroatoms. The highest BCUT2D eigenvalue weighted by Crippen LogP contribution is 2.35. The molecule has 1 saturated heterocycles.